The van der Waals surface area contributed by atoms with Gasteiger partial charge in [0.25, 0.3) is 0 Å². The zero-order valence-electron chi connectivity index (χ0n) is 11.5. The average Bonchev–Trinajstić information content (AvgIpc) is 2.80. The molecular formula is C13H15N2O5S-. The maximum absolute atomic E-state index is 12.0. The van der Waals surface area contributed by atoms with Crippen LogP contribution >= 0.6 is 0 Å². The average molecular weight is 311 g/mol. The minimum absolute atomic E-state index is 0.0602. The maximum Gasteiger partial charge on any atom is 0.240 e. The molecule has 7 nitrogen and oxygen atoms in total. The molecule has 8 heteroatoms. The van der Waals surface area contributed by atoms with Gasteiger partial charge in [-0.3, -0.25) is 4.79 Å². The van der Waals surface area contributed by atoms with Gasteiger partial charge in [-0.1, -0.05) is 0 Å². The van der Waals surface area contributed by atoms with Gasteiger partial charge in [-0.2, -0.15) is 0 Å². The zero-order valence-corrected chi connectivity index (χ0v) is 12.3. The summed E-state index contributed by atoms with van der Waals surface area (Å²) in [5.41, 5.74) is 1.50. The molecule has 0 bridgehead atoms. The number of hydrogen-bond donors (Lipinski definition) is 1. The Labute approximate surface area is 122 Å². The van der Waals surface area contributed by atoms with E-state index < -0.39 is 16.0 Å². The Kier molecular flexibility index (Phi) is 4.29. The van der Waals surface area contributed by atoms with Crippen molar-refractivity contribution in [2.45, 2.75) is 24.7 Å². The van der Waals surface area contributed by atoms with Crippen LogP contribution in [0.3, 0.4) is 0 Å². The number of anilines is 1. The van der Waals surface area contributed by atoms with E-state index in [1.807, 2.05) is 0 Å². The first-order chi connectivity index (χ1) is 9.81. The fourth-order valence-corrected chi connectivity index (χ4v) is 3.33. The van der Waals surface area contributed by atoms with Crippen molar-refractivity contribution in [2.75, 3.05) is 18.0 Å². The minimum Gasteiger partial charge on any atom is -0.550 e. The molecule has 0 atom stereocenters. The molecule has 0 unspecified atom stereocenters. The number of nitrogens with zero attached hydrogens (tertiary/aromatic N) is 1. The molecule has 0 saturated heterocycles. The van der Waals surface area contributed by atoms with Crippen LogP contribution in [0.25, 0.3) is 0 Å². The Balaban J connectivity index is 2.19. The van der Waals surface area contributed by atoms with Crippen molar-refractivity contribution in [3.8, 4) is 0 Å². The normalized spacial score (nSPS) is 14.0. The lowest BCUT2D eigenvalue weighted by Gasteiger charge is -2.15. The number of carbonyl (C=O) groups excluding carboxylic acids is 2. The number of hydrogen-bond acceptors (Lipinski definition) is 5. The number of nitrogens with one attached hydrogen (secondary N) is 1. The van der Waals surface area contributed by atoms with Crippen molar-refractivity contribution >= 4 is 27.6 Å². The SMILES string of the molecule is CC(=O)N1CCc2cc(S(=O)(=O)NCCC(=O)[O-])ccc21. The Morgan fingerprint density at radius 3 is 2.71 bits per heavy atom. The van der Waals surface area contributed by atoms with Gasteiger partial charge >= 0.3 is 0 Å². The molecule has 21 heavy (non-hydrogen) atoms. The van der Waals surface area contributed by atoms with E-state index >= 15 is 0 Å². The molecule has 1 aliphatic heterocycles. The molecule has 1 amide bonds. The summed E-state index contributed by atoms with van der Waals surface area (Å²) in [6.45, 7) is 1.77. The monoisotopic (exact) mass is 311 g/mol. The number of carboxylic acid groups (broad SMARTS) is 1. The van der Waals surface area contributed by atoms with Crippen molar-refractivity contribution in [3.05, 3.63) is 23.8 Å². The summed E-state index contributed by atoms with van der Waals surface area (Å²) in [4.78, 5) is 23.4. The lowest BCUT2D eigenvalue weighted by Crippen LogP contribution is -2.31. The molecule has 1 aromatic rings. The maximum atomic E-state index is 12.0. The number of benzene rings is 1. The Morgan fingerprint density at radius 2 is 2.10 bits per heavy atom. The second-order valence-corrected chi connectivity index (χ2v) is 6.50. The third kappa shape index (κ3) is 3.40. The predicted molar refractivity (Wildman–Crippen MR) is 73.0 cm³/mol. The van der Waals surface area contributed by atoms with E-state index in [1.54, 1.807) is 11.0 Å². The van der Waals surface area contributed by atoms with Crippen LogP contribution < -0.4 is 14.7 Å². The van der Waals surface area contributed by atoms with E-state index in [2.05, 4.69) is 4.72 Å². The predicted octanol–water partition coefficient (Wildman–Crippen LogP) is -0.986. The number of carboxylic acids is 1. The molecule has 1 N–H and O–H groups in total. The van der Waals surface area contributed by atoms with Gasteiger partial charge in [0.1, 0.15) is 0 Å². The molecule has 1 aliphatic rings. The van der Waals surface area contributed by atoms with E-state index in [1.165, 1.54) is 19.1 Å². The summed E-state index contributed by atoms with van der Waals surface area (Å²) < 4.78 is 26.3. The van der Waals surface area contributed by atoms with E-state index in [9.17, 15) is 23.1 Å². The number of carbonyl (C=O) groups is 2. The molecule has 0 saturated carbocycles. The van der Waals surface area contributed by atoms with Gasteiger partial charge in [-0.25, -0.2) is 13.1 Å². The fourth-order valence-electron chi connectivity index (χ4n) is 2.24. The summed E-state index contributed by atoms with van der Waals surface area (Å²) in [7, 11) is -3.76. The first kappa shape index (κ1) is 15.5. The highest BCUT2D eigenvalue weighted by atomic mass is 32.2. The first-order valence-corrected chi connectivity index (χ1v) is 7.90. The highest BCUT2D eigenvalue weighted by molar-refractivity contribution is 7.89. The van der Waals surface area contributed by atoms with Crippen molar-refractivity contribution in [3.63, 3.8) is 0 Å². The first-order valence-electron chi connectivity index (χ1n) is 6.42. The molecule has 0 radical (unpaired) electrons. The van der Waals surface area contributed by atoms with Crippen LogP contribution in [0.4, 0.5) is 5.69 Å². The summed E-state index contributed by atoms with van der Waals surface area (Å²) in [5.74, 6) is -1.40. The van der Waals surface area contributed by atoms with Gasteiger partial charge in [0.15, 0.2) is 0 Å². The number of rotatable bonds is 5. The van der Waals surface area contributed by atoms with Crippen LogP contribution in [0.2, 0.25) is 0 Å². The second-order valence-electron chi connectivity index (χ2n) is 4.73. The van der Waals surface area contributed by atoms with Crippen LogP contribution in [0, 0.1) is 0 Å². The molecule has 0 spiro atoms. The van der Waals surface area contributed by atoms with Crippen LogP contribution in [0.5, 0.6) is 0 Å². The molecule has 0 aromatic heterocycles. The van der Waals surface area contributed by atoms with Gasteiger partial charge in [0, 0.05) is 38.1 Å². The quantitative estimate of drug-likeness (QED) is 0.751. The van der Waals surface area contributed by atoms with Crippen molar-refractivity contribution in [2.24, 2.45) is 0 Å². The number of aliphatic carboxylic acids is 1. The smallest absolute Gasteiger partial charge is 0.240 e. The molecule has 1 heterocycles. The van der Waals surface area contributed by atoms with Crippen LogP contribution in [0.15, 0.2) is 23.1 Å². The van der Waals surface area contributed by atoms with E-state index in [0.717, 1.165) is 11.3 Å². The van der Waals surface area contributed by atoms with Gasteiger partial charge < -0.3 is 14.8 Å². The largest absolute Gasteiger partial charge is 0.550 e. The summed E-state index contributed by atoms with van der Waals surface area (Å²) >= 11 is 0. The standard InChI is InChI=1S/C13H16N2O5S/c1-9(16)15-7-5-10-8-11(2-3-12(10)15)21(19,20)14-6-4-13(17)18/h2-3,8,14H,4-7H2,1H3,(H,17,18)/p-1. The third-order valence-electron chi connectivity index (χ3n) is 3.26. The summed E-state index contributed by atoms with van der Waals surface area (Å²) in [6, 6.07) is 4.51. The number of fused-ring (bicyclic) bond motifs is 1. The highest BCUT2D eigenvalue weighted by Crippen LogP contribution is 2.30. The minimum atomic E-state index is -3.76. The second kappa shape index (κ2) is 5.82. The third-order valence-corrected chi connectivity index (χ3v) is 4.72. The van der Waals surface area contributed by atoms with Gasteiger partial charge in [0.2, 0.25) is 15.9 Å². The Hall–Kier alpha value is -1.93. The van der Waals surface area contributed by atoms with Gasteiger partial charge in [-0.15, -0.1) is 0 Å². The number of amides is 1. The molecule has 1 aromatic carbocycles. The molecule has 2 rings (SSSR count). The lowest BCUT2D eigenvalue weighted by atomic mass is 10.2. The van der Waals surface area contributed by atoms with E-state index in [0.29, 0.717) is 13.0 Å². The number of sulfonamides is 1. The molecule has 0 aliphatic carbocycles. The van der Waals surface area contributed by atoms with Gasteiger partial charge in [-0.05, 0) is 30.2 Å². The highest BCUT2D eigenvalue weighted by Gasteiger charge is 2.24. The van der Waals surface area contributed by atoms with Crippen LogP contribution in [-0.4, -0.2) is 33.4 Å². The van der Waals surface area contributed by atoms with E-state index in [-0.39, 0.29) is 23.8 Å². The Morgan fingerprint density at radius 1 is 1.38 bits per heavy atom. The molecule has 114 valence electrons. The Bertz CT molecular complexity index is 684. The molecular weight excluding hydrogens is 296 g/mol. The zero-order chi connectivity index (χ0) is 15.6. The van der Waals surface area contributed by atoms with E-state index in [4.69, 9.17) is 0 Å². The van der Waals surface area contributed by atoms with Crippen LogP contribution in [-0.2, 0) is 26.0 Å². The van der Waals surface area contributed by atoms with Gasteiger partial charge in [0.05, 0.1) is 4.90 Å². The summed E-state index contributed by atoms with van der Waals surface area (Å²) in [5, 5.41) is 10.3. The topological polar surface area (TPSA) is 107 Å². The van der Waals surface area contributed by atoms with Crippen molar-refractivity contribution in [1.29, 1.82) is 0 Å². The van der Waals surface area contributed by atoms with Crippen molar-refractivity contribution < 1.29 is 23.1 Å². The summed E-state index contributed by atoms with van der Waals surface area (Å²) in [6.07, 6.45) is 0.208. The van der Waals surface area contributed by atoms with Crippen LogP contribution in [0.1, 0.15) is 18.9 Å². The fraction of sp³-hybridized carbons (Fsp3) is 0.385. The lowest BCUT2D eigenvalue weighted by molar-refractivity contribution is -0.305. The van der Waals surface area contributed by atoms with Crippen molar-refractivity contribution in [1.82, 2.24) is 4.72 Å². The molecule has 0 fully saturated rings.